The summed E-state index contributed by atoms with van der Waals surface area (Å²) in [6, 6.07) is 12.3. The Morgan fingerprint density at radius 2 is 2.06 bits per heavy atom. The zero-order valence-corrected chi connectivity index (χ0v) is 9.58. The molecular weight excluding hydrogens is 230 g/mol. The minimum Gasteiger partial charge on any atom is -0.378 e. The zero-order chi connectivity index (χ0) is 12.8. The summed E-state index contributed by atoms with van der Waals surface area (Å²) in [7, 11) is 0. The number of hydrogen-bond acceptors (Lipinski definition) is 3. The van der Waals surface area contributed by atoms with E-state index < -0.39 is 12.0 Å². The van der Waals surface area contributed by atoms with E-state index in [-0.39, 0.29) is 0 Å². The van der Waals surface area contributed by atoms with Gasteiger partial charge in [-0.25, -0.2) is 5.43 Å². The van der Waals surface area contributed by atoms with Crippen molar-refractivity contribution in [1.82, 2.24) is 10.4 Å². The molecule has 92 valence electrons. The molecular formula is C13H13N3O2. The van der Waals surface area contributed by atoms with Crippen LogP contribution in [-0.2, 0) is 4.79 Å². The van der Waals surface area contributed by atoms with Gasteiger partial charge in [0.1, 0.15) is 0 Å². The molecule has 1 aromatic heterocycles. The Labute approximate surface area is 104 Å². The highest BCUT2D eigenvalue weighted by molar-refractivity contribution is 5.84. The third-order valence-corrected chi connectivity index (χ3v) is 2.36. The number of benzene rings is 1. The zero-order valence-electron chi connectivity index (χ0n) is 9.58. The Bertz CT molecular complexity index is 520. The summed E-state index contributed by atoms with van der Waals surface area (Å²) in [4.78, 5) is 14.5. The molecule has 2 rings (SSSR count). The number of aromatic amines is 1. The summed E-state index contributed by atoms with van der Waals surface area (Å²) in [5, 5.41) is 13.5. The average Bonchev–Trinajstić information content (AvgIpc) is 2.92. The van der Waals surface area contributed by atoms with Gasteiger partial charge in [0.25, 0.3) is 5.91 Å². The average molecular weight is 243 g/mol. The van der Waals surface area contributed by atoms with Crippen molar-refractivity contribution in [3.8, 4) is 0 Å². The molecule has 1 heterocycles. The van der Waals surface area contributed by atoms with Gasteiger partial charge in [-0.05, 0) is 17.7 Å². The van der Waals surface area contributed by atoms with Crippen LogP contribution in [0.4, 0.5) is 0 Å². The van der Waals surface area contributed by atoms with Crippen molar-refractivity contribution in [3.05, 3.63) is 59.9 Å². The maximum Gasteiger partial charge on any atom is 0.273 e. The summed E-state index contributed by atoms with van der Waals surface area (Å²) < 4.78 is 0. The number of hydrogen-bond donors (Lipinski definition) is 3. The normalized spacial score (nSPS) is 12.5. The van der Waals surface area contributed by atoms with Crippen LogP contribution in [0.15, 0.2) is 53.8 Å². The molecule has 5 heteroatoms. The second-order valence-electron chi connectivity index (χ2n) is 3.67. The molecule has 0 bridgehead atoms. The van der Waals surface area contributed by atoms with E-state index in [1.165, 1.54) is 6.21 Å². The van der Waals surface area contributed by atoms with E-state index in [9.17, 15) is 9.90 Å². The fourth-order valence-electron chi connectivity index (χ4n) is 1.44. The lowest BCUT2D eigenvalue weighted by atomic mass is 10.1. The summed E-state index contributed by atoms with van der Waals surface area (Å²) >= 11 is 0. The SMILES string of the molecule is O=C(N/N=C/c1ccc[nH]1)C(O)c1ccccc1. The lowest BCUT2D eigenvalue weighted by Crippen LogP contribution is -2.25. The molecule has 0 saturated carbocycles. The van der Waals surface area contributed by atoms with E-state index in [1.807, 2.05) is 18.2 Å². The van der Waals surface area contributed by atoms with Crippen LogP contribution in [0.25, 0.3) is 0 Å². The number of carbonyl (C=O) groups is 1. The molecule has 0 saturated heterocycles. The maximum absolute atomic E-state index is 11.6. The van der Waals surface area contributed by atoms with Gasteiger partial charge >= 0.3 is 0 Å². The predicted molar refractivity (Wildman–Crippen MR) is 67.9 cm³/mol. The predicted octanol–water partition coefficient (Wildman–Crippen LogP) is 1.20. The number of aliphatic hydroxyl groups excluding tert-OH is 1. The minimum absolute atomic E-state index is 0.532. The molecule has 0 aliphatic rings. The van der Waals surface area contributed by atoms with Crippen molar-refractivity contribution in [3.63, 3.8) is 0 Å². The van der Waals surface area contributed by atoms with Crippen molar-refractivity contribution >= 4 is 12.1 Å². The van der Waals surface area contributed by atoms with Crippen LogP contribution >= 0.6 is 0 Å². The van der Waals surface area contributed by atoms with Gasteiger partial charge in [-0.2, -0.15) is 5.10 Å². The number of aliphatic hydroxyl groups is 1. The number of H-pyrrole nitrogens is 1. The maximum atomic E-state index is 11.6. The molecule has 1 atom stereocenters. The highest BCUT2D eigenvalue weighted by atomic mass is 16.3. The number of amides is 1. The third-order valence-electron chi connectivity index (χ3n) is 2.36. The van der Waals surface area contributed by atoms with Gasteiger partial charge in [-0.3, -0.25) is 4.79 Å². The van der Waals surface area contributed by atoms with Gasteiger partial charge in [-0.15, -0.1) is 0 Å². The topological polar surface area (TPSA) is 77.5 Å². The Hall–Kier alpha value is -2.40. The molecule has 0 aliphatic heterocycles. The Kier molecular flexibility index (Phi) is 3.88. The Balaban J connectivity index is 1.92. The standard InChI is InChI=1S/C13H13N3O2/c17-12(10-5-2-1-3-6-10)13(18)16-15-9-11-7-4-8-14-11/h1-9,12,14,17H,(H,16,18)/b15-9+. The molecule has 3 N–H and O–H groups in total. The highest BCUT2D eigenvalue weighted by Gasteiger charge is 2.15. The Morgan fingerprint density at radius 1 is 1.28 bits per heavy atom. The fourth-order valence-corrected chi connectivity index (χ4v) is 1.44. The molecule has 0 radical (unpaired) electrons. The van der Waals surface area contributed by atoms with Gasteiger partial charge in [0, 0.05) is 6.20 Å². The second kappa shape index (κ2) is 5.79. The number of aromatic nitrogens is 1. The van der Waals surface area contributed by atoms with Crippen molar-refractivity contribution in [2.75, 3.05) is 0 Å². The molecule has 18 heavy (non-hydrogen) atoms. The fraction of sp³-hybridized carbons (Fsp3) is 0.0769. The van der Waals surface area contributed by atoms with Crippen LogP contribution in [0.5, 0.6) is 0 Å². The minimum atomic E-state index is -1.22. The molecule has 0 fully saturated rings. The number of rotatable bonds is 4. The molecule has 1 amide bonds. The Morgan fingerprint density at radius 3 is 2.72 bits per heavy atom. The van der Waals surface area contributed by atoms with E-state index in [4.69, 9.17) is 0 Å². The van der Waals surface area contributed by atoms with Crippen LogP contribution in [0.2, 0.25) is 0 Å². The highest BCUT2D eigenvalue weighted by Crippen LogP contribution is 2.11. The number of hydrazone groups is 1. The van der Waals surface area contributed by atoms with Crippen LogP contribution in [0.1, 0.15) is 17.4 Å². The molecule has 1 aromatic carbocycles. The molecule has 1 unspecified atom stereocenters. The van der Waals surface area contributed by atoms with Gasteiger partial charge in [0.15, 0.2) is 6.10 Å². The van der Waals surface area contributed by atoms with E-state index in [1.54, 1.807) is 30.5 Å². The van der Waals surface area contributed by atoms with Crippen LogP contribution in [-0.4, -0.2) is 22.2 Å². The van der Waals surface area contributed by atoms with E-state index in [2.05, 4.69) is 15.5 Å². The first-order chi connectivity index (χ1) is 8.77. The molecule has 0 spiro atoms. The summed E-state index contributed by atoms with van der Waals surface area (Å²) in [5.41, 5.74) is 3.58. The molecule has 0 aliphatic carbocycles. The van der Waals surface area contributed by atoms with Crippen LogP contribution < -0.4 is 5.43 Å². The second-order valence-corrected chi connectivity index (χ2v) is 3.67. The van der Waals surface area contributed by atoms with Crippen molar-refractivity contribution in [2.45, 2.75) is 6.10 Å². The van der Waals surface area contributed by atoms with Gasteiger partial charge < -0.3 is 10.1 Å². The first kappa shape index (κ1) is 12.1. The lowest BCUT2D eigenvalue weighted by molar-refractivity contribution is -0.129. The molecule has 2 aromatic rings. The van der Waals surface area contributed by atoms with Crippen molar-refractivity contribution in [1.29, 1.82) is 0 Å². The van der Waals surface area contributed by atoms with Crippen molar-refractivity contribution in [2.24, 2.45) is 5.10 Å². The van der Waals surface area contributed by atoms with E-state index in [0.29, 0.717) is 5.56 Å². The number of nitrogens with one attached hydrogen (secondary N) is 2. The van der Waals surface area contributed by atoms with Crippen LogP contribution in [0.3, 0.4) is 0 Å². The monoisotopic (exact) mass is 243 g/mol. The summed E-state index contributed by atoms with van der Waals surface area (Å²) in [5.74, 6) is -0.566. The van der Waals surface area contributed by atoms with Gasteiger partial charge in [0.05, 0.1) is 11.9 Å². The van der Waals surface area contributed by atoms with Gasteiger partial charge in [0.2, 0.25) is 0 Å². The number of carbonyl (C=O) groups excluding carboxylic acids is 1. The van der Waals surface area contributed by atoms with E-state index >= 15 is 0 Å². The summed E-state index contributed by atoms with van der Waals surface area (Å²) in [6.45, 7) is 0. The first-order valence-corrected chi connectivity index (χ1v) is 5.46. The first-order valence-electron chi connectivity index (χ1n) is 5.46. The summed E-state index contributed by atoms with van der Waals surface area (Å²) in [6.07, 6.45) is 2.00. The van der Waals surface area contributed by atoms with Gasteiger partial charge in [-0.1, -0.05) is 30.3 Å². The van der Waals surface area contributed by atoms with Crippen molar-refractivity contribution < 1.29 is 9.90 Å². The smallest absolute Gasteiger partial charge is 0.273 e. The molecule has 5 nitrogen and oxygen atoms in total. The number of nitrogens with zero attached hydrogens (tertiary/aromatic N) is 1. The third kappa shape index (κ3) is 3.05. The largest absolute Gasteiger partial charge is 0.378 e. The quantitative estimate of drug-likeness (QED) is 0.557. The van der Waals surface area contributed by atoms with Crippen LogP contribution in [0, 0.1) is 0 Å². The lowest BCUT2D eigenvalue weighted by Gasteiger charge is -2.08. The van der Waals surface area contributed by atoms with E-state index in [0.717, 1.165) is 5.69 Å².